The van der Waals surface area contributed by atoms with Crippen molar-refractivity contribution in [3.63, 3.8) is 0 Å². The molecule has 0 unspecified atom stereocenters. The van der Waals surface area contributed by atoms with Gasteiger partial charge in [0.15, 0.2) is 0 Å². The molecule has 5 heterocycles. The number of rotatable bonds is 5. The van der Waals surface area contributed by atoms with Crippen LogP contribution in [0.25, 0.3) is 28.0 Å². The number of imidazole rings is 1. The molecular weight excluding hydrogens is 388 g/mol. The lowest BCUT2D eigenvalue weighted by Gasteiger charge is -2.26. The van der Waals surface area contributed by atoms with E-state index >= 15 is 0 Å². The first-order valence-electron chi connectivity index (χ1n) is 10.6. The largest absolute Gasteiger partial charge is 0.343 e. The summed E-state index contributed by atoms with van der Waals surface area (Å²) >= 11 is 0. The van der Waals surface area contributed by atoms with Crippen molar-refractivity contribution in [2.45, 2.75) is 26.3 Å². The van der Waals surface area contributed by atoms with Crippen LogP contribution in [0, 0.1) is 0 Å². The first kappa shape index (κ1) is 19.4. The number of fused-ring (bicyclic) bond motifs is 1. The maximum absolute atomic E-state index is 12.1. The number of aromatic amines is 2. The van der Waals surface area contributed by atoms with Crippen LogP contribution in [-0.2, 0) is 13.0 Å². The number of aromatic nitrogens is 5. The van der Waals surface area contributed by atoms with Crippen LogP contribution in [0.5, 0.6) is 0 Å². The number of pyridine rings is 3. The van der Waals surface area contributed by atoms with Gasteiger partial charge >= 0.3 is 0 Å². The summed E-state index contributed by atoms with van der Waals surface area (Å²) in [5, 5.41) is 0. The van der Waals surface area contributed by atoms with Crippen LogP contribution >= 0.6 is 0 Å². The Morgan fingerprint density at radius 1 is 1.13 bits per heavy atom. The topological polar surface area (TPSA) is 90.6 Å². The summed E-state index contributed by atoms with van der Waals surface area (Å²) in [7, 11) is 0. The molecule has 0 aromatic carbocycles. The molecule has 0 bridgehead atoms. The van der Waals surface area contributed by atoms with Gasteiger partial charge in [0.2, 0.25) is 0 Å². The molecule has 2 N–H and O–H groups in total. The SMILES string of the molecule is CCc1cc2ncc(CN3CC=C(c4ccc(-c5cnc[nH]5)nc4)CC3)cc2[nH]c1=O. The molecule has 1 aliphatic heterocycles. The highest BCUT2D eigenvalue weighted by Crippen LogP contribution is 2.24. The van der Waals surface area contributed by atoms with Gasteiger partial charge < -0.3 is 9.97 Å². The van der Waals surface area contributed by atoms with Gasteiger partial charge in [-0.25, -0.2) is 4.98 Å². The molecule has 0 aliphatic carbocycles. The third-order valence-corrected chi connectivity index (χ3v) is 5.81. The molecule has 0 amide bonds. The minimum atomic E-state index is -0.0216. The molecular formula is C24H24N6O. The van der Waals surface area contributed by atoms with Crippen molar-refractivity contribution >= 4 is 16.6 Å². The van der Waals surface area contributed by atoms with E-state index in [1.165, 1.54) is 11.1 Å². The summed E-state index contributed by atoms with van der Waals surface area (Å²) in [5.74, 6) is 0. The lowest BCUT2D eigenvalue weighted by molar-refractivity contribution is 0.293. The summed E-state index contributed by atoms with van der Waals surface area (Å²) < 4.78 is 0. The molecule has 7 nitrogen and oxygen atoms in total. The minimum absolute atomic E-state index is 0.0216. The Morgan fingerprint density at radius 3 is 2.77 bits per heavy atom. The zero-order valence-electron chi connectivity index (χ0n) is 17.4. The molecule has 0 fully saturated rings. The second-order valence-electron chi connectivity index (χ2n) is 7.87. The third-order valence-electron chi connectivity index (χ3n) is 5.81. The molecule has 1 aliphatic rings. The van der Waals surface area contributed by atoms with Gasteiger partial charge in [-0.1, -0.05) is 19.1 Å². The molecule has 4 aromatic rings. The molecule has 31 heavy (non-hydrogen) atoms. The van der Waals surface area contributed by atoms with Gasteiger partial charge in [0.05, 0.1) is 34.9 Å². The predicted molar refractivity (Wildman–Crippen MR) is 121 cm³/mol. The van der Waals surface area contributed by atoms with E-state index in [0.717, 1.165) is 59.6 Å². The monoisotopic (exact) mass is 412 g/mol. The Labute approximate surface area is 179 Å². The van der Waals surface area contributed by atoms with E-state index in [1.807, 2.05) is 37.5 Å². The maximum atomic E-state index is 12.1. The quantitative estimate of drug-likeness (QED) is 0.523. The average Bonchev–Trinajstić information content (AvgIpc) is 3.34. The van der Waals surface area contributed by atoms with E-state index in [1.54, 1.807) is 12.5 Å². The second-order valence-corrected chi connectivity index (χ2v) is 7.87. The Hall–Kier alpha value is -3.58. The van der Waals surface area contributed by atoms with Crippen molar-refractivity contribution in [1.29, 1.82) is 0 Å². The van der Waals surface area contributed by atoms with Crippen molar-refractivity contribution < 1.29 is 0 Å². The molecule has 0 saturated heterocycles. The molecule has 4 aromatic heterocycles. The van der Waals surface area contributed by atoms with Crippen molar-refractivity contribution in [2.75, 3.05) is 13.1 Å². The zero-order chi connectivity index (χ0) is 21.2. The highest BCUT2D eigenvalue weighted by atomic mass is 16.1. The molecule has 0 radical (unpaired) electrons. The van der Waals surface area contributed by atoms with E-state index < -0.39 is 0 Å². The second kappa shape index (κ2) is 8.28. The molecule has 7 heteroatoms. The molecule has 156 valence electrons. The Kier molecular flexibility index (Phi) is 5.18. The fraction of sp³-hybridized carbons (Fsp3) is 0.250. The molecule has 0 atom stereocenters. The van der Waals surface area contributed by atoms with Gasteiger partial charge in [0, 0.05) is 37.6 Å². The minimum Gasteiger partial charge on any atom is -0.343 e. The van der Waals surface area contributed by atoms with Gasteiger partial charge in [0.1, 0.15) is 0 Å². The number of nitrogens with zero attached hydrogens (tertiary/aromatic N) is 4. The molecule has 5 rings (SSSR count). The lowest BCUT2D eigenvalue weighted by Crippen LogP contribution is -2.28. The average molecular weight is 412 g/mol. The van der Waals surface area contributed by atoms with Crippen LogP contribution < -0.4 is 5.56 Å². The number of aryl methyl sites for hydroxylation is 1. The standard InChI is InChI=1S/C24H24N6O/c1-2-17-10-21-22(29-24(17)31)9-16(11-26-21)14-30-7-5-18(6-8-30)19-3-4-20(27-12-19)23-13-25-15-28-23/h3-5,9-13,15H,2,6-8,14H2,1H3,(H,25,28)(H,29,31). The smallest absolute Gasteiger partial charge is 0.251 e. The Bertz CT molecular complexity index is 1290. The summed E-state index contributed by atoms with van der Waals surface area (Å²) in [6, 6.07) is 8.08. The summed E-state index contributed by atoms with van der Waals surface area (Å²) in [4.78, 5) is 33.7. The van der Waals surface area contributed by atoms with Gasteiger partial charge in [-0.05, 0) is 47.7 Å². The van der Waals surface area contributed by atoms with Gasteiger partial charge in [-0.2, -0.15) is 0 Å². The fourth-order valence-electron chi connectivity index (χ4n) is 4.03. The normalized spacial score (nSPS) is 14.7. The van der Waals surface area contributed by atoms with Crippen LogP contribution in [0.2, 0.25) is 0 Å². The number of hydrogen-bond donors (Lipinski definition) is 2. The van der Waals surface area contributed by atoms with Gasteiger partial charge in [0.25, 0.3) is 5.56 Å². The lowest BCUT2D eigenvalue weighted by atomic mass is 10.0. The fourth-order valence-corrected chi connectivity index (χ4v) is 4.03. The number of nitrogens with one attached hydrogen (secondary N) is 2. The van der Waals surface area contributed by atoms with Crippen LogP contribution in [0.3, 0.4) is 0 Å². The maximum Gasteiger partial charge on any atom is 0.251 e. The van der Waals surface area contributed by atoms with Crippen molar-refractivity contribution in [1.82, 2.24) is 29.8 Å². The van der Waals surface area contributed by atoms with Gasteiger partial charge in [-0.3, -0.25) is 19.7 Å². The van der Waals surface area contributed by atoms with Crippen molar-refractivity contribution in [2.24, 2.45) is 0 Å². The highest BCUT2D eigenvalue weighted by molar-refractivity contribution is 5.75. The molecule has 0 saturated carbocycles. The van der Waals surface area contributed by atoms with Crippen LogP contribution in [0.4, 0.5) is 0 Å². The van der Waals surface area contributed by atoms with Gasteiger partial charge in [-0.15, -0.1) is 0 Å². The van der Waals surface area contributed by atoms with Crippen molar-refractivity contribution in [3.8, 4) is 11.4 Å². The molecule has 0 spiro atoms. The Morgan fingerprint density at radius 2 is 2.06 bits per heavy atom. The van der Waals surface area contributed by atoms with E-state index in [-0.39, 0.29) is 5.56 Å². The van der Waals surface area contributed by atoms with E-state index in [9.17, 15) is 4.79 Å². The predicted octanol–water partition coefficient (Wildman–Crippen LogP) is 3.56. The third kappa shape index (κ3) is 4.04. The summed E-state index contributed by atoms with van der Waals surface area (Å²) in [6.07, 6.45) is 11.2. The van der Waals surface area contributed by atoms with E-state index in [4.69, 9.17) is 0 Å². The van der Waals surface area contributed by atoms with Crippen molar-refractivity contribution in [3.05, 3.63) is 82.3 Å². The van der Waals surface area contributed by atoms with Crippen LogP contribution in [0.1, 0.15) is 30.0 Å². The first-order chi connectivity index (χ1) is 15.2. The number of hydrogen-bond acceptors (Lipinski definition) is 5. The number of H-pyrrole nitrogens is 2. The zero-order valence-corrected chi connectivity index (χ0v) is 17.4. The first-order valence-corrected chi connectivity index (χ1v) is 10.6. The summed E-state index contributed by atoms with van der Waals surface area (Å²) in [6.45, 7) is 4.63. The Balaban J connectivity index is 1.27. The van der Waals surface area contributed by atoms with E-state index in [2.05, 4.69) is 42.0 Å². The van der Waals surface area contributed by atoms with E-state index in [0.29, 0.717) is 6.42 Å². The summed E-state index contributed by atoms with van der Waals surface area (Å²) in [5.41, 5.74) is 7.81. The van der Waals surface area contributed by atoms with Crippen LogP contribution in [-0.4, -0.2) is 42.9 Å². The van der Waals surface area contributed by atoms with Crippen LogP contribution in [0.15, 0.2) is 60.1 Å². The highest BCUT2D eigenvalue weighted by Gasteiger charge is 2.15.